The lowest BCUT2D eigenvalue weighted by Gasteiger charge is -2.37. The largest absolute Gasteiger partial charge is 0.339 e. The summed E-state index contributed by atoms with van der Waals surface area (Å²) in [5.41, 5.74) is 0. The molecular weight excluding hydrogens is 374 g/mol. The van der Waals surface area contributed by atoms with E-state index in [1.807, 2.05) is 4.90 Å². The van der Waals surface area contributed by atoms with E-state index in [9.17, 15) is 18.0 Å². The number of rotatable bonds is 4. The van der Waals surface area contributed by atoms with E-state index in [4.69, 9.17) is 0 Å². The first-order valence-corrected chi connectivity index (χ1v) is 11.4. The van der Waals surface area contributed by atoms with Gasteiger partial charge in [-0.2, -0.15) is 4.31 Å². The molecule has 0 radical (unpaired) electrons. The summed E-state index contributed by atoms with van der Waals surface area (Å²) in [6.45, 7) is 2.45. The molecule has 3 heterocycles. The fourth-order valence-corrected chi connectivity index (χ4v) is 6.52. The van der Waals surface area contributed by atoms with Crippen LogP contribution in [0.15, 0.2) is 21.7 Å². The van der Waals surface area contributed by atoms with Gasteiger partial charge in [0, 0.05) is 38.6 Å². The monoisotopic (exact) mass is 397 g/mol. The molecule has 4 rings (SSSR count). The van der Waals surface area contributed by atoms with Gasteiger partial charge in [0.1, 0.15) is 10.3 Å². The molecule has 26 heavy (non-hydrogen) atoms. The summed E-state index contributed by atoms with van der Waals surface area (Å²) in [6.07, 6.45) is 3.22. The maximum Gasteiger partial charge on any atom is 0.253 e. The lowest BCUT2D eigenvalue weighted by Crippen LogP contribution is -2.55. The van der Waals surface area contributed by atoms with E-state index in [2.05, 4.69) is 0 Å². The smallest absolute Gasteiger partial charge is 0.253 e. The molecule has 142 valence electrons. The minimum absolute atomic E-state index is 0.124. The van der Waals surface area contributed by atoms with Crippen LogP contribution < -0.4 is 0 Å². The molecule has 0 spiro atoms. The Balaban J connectivity index is 1.42. The van der Waals surface area contributed by atoms with Gasteiger partial charge in [0.2, 0.25) is 11.8 Å². The Morgan fingerprint density at radius 2 is 1.62 bits per heavy atom. The highest BCUT2D eigenvalue weighted by Gasteiger charge is 2.42. The minimum atomic E-state index is -3.62. The van der Waals surface area contributed by atoms with Crippen molar-refractivity contribution in [2.24, 2.45) is 5.92 Å². The van der Waals surface area contributed by atoms with E-state index >= 15 is 0 Å². The Morgan fingerprint density at radius 1 is 0.962 bits per heavy atom. The van der Waals surface area contributed by atoms with E-state index in [0.717, 1.165) is 12.8 Å². The van der Waals surface area contributed by atoms with Crippen molar-refractivity contribution in [1.82, 2.24) is 14.1 Å². The molecule has 7 nitrogen and oxygen atoms in total. The Morgan fingerprint density at radius 3 is 2.19 bits per heavy atom. The summed E-state index contributed by atoms with van der Waals surface area (Å²) >= 11 is 1.18. The van der Waals surface area contributed by atoms with Crippen molar-refractivity contribution in [3.8, 4) is 0 Å². The lowest BCUT2D eigenvalue weighted by molar-refractivity contribution is -0.142. The summed E-state index contributed by atoms with van der Waals surface area (Å²) in [5.74, 6) is 0.277. The SMILES string of the molecule is O=C(C1CC1)N1CCN(C(=O)C2CCCN2S(=O)(=O)c2cccs2)CC1. The quantitative estimate of drug-likeness (QED) is 0.759. The number of piperazine rings is 1. The molecule has 0 N–H and O–H groups in total. The Bertz CT molecular complexity index is 781. The van der Waals surface area contributed by atoms with Crippen LogP contribution in [0.4, 0.5) is 0 Å². The minimum Gasteiger partial charge on any atom is -0.339 e. The van der Waals surface area contributed by atoms with Crippen LogP contribution in [-0.2, 0) is 19.6 Å². The molecular formula is C17H23N3O4S2. The second-order valence-corrected chi connectivity index (χ2v) is 10.2. The average molecular weight is 398 g/mol. The molecule has 1 aliphatic carbocycles. The summed E-state index contributed by atoms with van der Waals surface area (Å²) in [6, 6.07) is 2.68. The molecule has 3 fully saturated rings. The normalized spacial score (nSPS) is 24.8. The molecule has 2 saturated heterocycles. The summed E-state index contributed by atoms with van der Waals surface area (Å²) in [7, 11) is -3.62. The highest BCUT2D eigenvalue weighted by molar-refractivity contribution is 7.91. The Kier molecular flexibility index (Phi) is 4.79. The molecule has 1 aromatic rings. The number of thiophene rings is 1. The van der Waals surface area contributed by atoms with Crippen LogP contribution in [-0.4, -0.2) is 73.1 Å². The van der Waals surface area contributed by atoms with Gasteiger partial charge in [-0.25, -0.2) is 8.42 Å². The van der Waals surface area contributed by atoms with E-state index in [-0.39, 0.29) is 21.9 Å². The topological polar surface area (TPSA) is 78.0 Å². The molecule has 2 amide bonds. The van der Waals surface area contributed by atoms with Crippen molar-refractivity contribution >= 4 is 33.2 Å². The number of hydrogen-bond donors (Lipinski definition) is 0. The molecule has 1 unspecified atom stereocenters. The van der Waals surface area contributed by atoms with Crippen molar-refractivity contribution in [3.05, 3.63) is 17.5 Å². The van der Waals surface area contributed by atoms with Gasteiger partial charge in [-0.05, 0) is 37.1 Å². The number of nitrogens with zero attached hydrogens (tertiary/aromatic N) is 3. The van der Waals surface area contributed by atoms with Crippen LogP contribution in [0.3, 0.4) is 0 Å². The van der Waals surface area contributed by atoms with E-state index in [1.165, 1.54) is 15.6 Å². The molecule has 1 atom stereocenters. The summed E-state index contributed by atoms with van der Waals surface area (Å²) < 4.78 is 27.3. The van der Waals surface area contributed by atoms with Crippen LogP contribution in [0.5, 0.6) is 0 Å². The summed E-state index contributed by atoms with van der Waals surface area (Å²) in [5, 5.41) is 1.73. The molecule has 2 aliphatic heterocycles. The average Bonchev–Trinajstić information content (AvgIpc) is 3.14. The van der Waals surface area contributed by atoms with Crippen molar-refractivity contribution in [2.75, 3.05) is 32.7 Å². The van der Waals surface area contributed by atoms with Gasteiger partial charge in [-0.1, -0.05) is 6.07 Å². The standard InChI is InChI=1S/C17H23N3O4S2/c21-16(13-5-6-13)18-8-10-19(11-9-18)17(22)14-3-1-7-20(14)26(23,24)15-4-2-12-25-15/h2,4,12-14H,1,3,5-11H2. The molecule has 9 heteroatoms. The first kappa shape index (κ1) is 17.9. The van der Waals surface area contributed by atoms with Crippen LogP contribution in [0.1, 0.15) is 25.7 Å². The number of sulfonamides is 1. The molecule has 0 bridgehead atoms. The van der Waals surface area contributed by atoms with Crippen molar-refractivity contribution < 1.29 is 18.0 Å². The fourth-order valence-electron chi connectivity index (χ4n) is 3.75. The maximum atomic E-state index is 13.0. The second-order valence-electron chi connectivity index (χ2n) is 7.13. The zero-order valence-corrected chi connectivity index (χ0v) is 16.2. The first-order chi connectivity index (χ1) is 12.5. The van der Waals surface area contributed by atoms with E-state index < -0.39 is 16.1 Å². The third-order valence-electron chi connectivity index (χ3n) is 5.38. The van der Waals surface area contributed by atoms with Crippen LogP contribution in [0.2, 0.25) is 0 Å². The highest BCUT2D eigenvalue weighted by atomic mass is 32.2. The summed E-state index contributed by atoms with van der Waals surface area (Å²) in [4.78, 5) is 28.7. The van der Waals surface area contributed by atoms with Gasteiger partial charge >= 0.3 is 0 Å². The second kappa shape index (κ2) is 6.94. The van der Waals surface area contributed by atoms with E-state index in [0.29, 0.717) is 45.6 Å². The Hall–Kier alpha value is -1.45. The zero-order valence-electron chi connectivity index (χ0n) is 14.5. The molecule has 1 aromatic heterocycles. The van der Waals surface area contributed by atoms with Gasteiger partial charge in [0.25, 0.3) is 10.0 Å². The third-order valence-corrected chi connectivity index (χ3v) is 8.66. The number of carbonyl (C=O) groups excluding carboxylic acids is 2. The maximum absolute atomic E-state index is 13.0. The Labute approximate surface area is 157 Å². The van der Waals surface area contributed by atoms with Crippen LogP contribution in [0, 0.1) is 5.92 Å². The third kappa shape index (κ3) is 3.27. The molecule has 1 saturated carbocycles. The van der Waals surface area contributed by atoms with Crippen molar-refractivity contribution in [1.29, 1.82) is 0 Å². The van der Waals surface area contributed by atoms with Gasteiger partial charge in [-0.15, -0.1) is 11.3 Å². The molecule has 3 aliphatic rings. The van der Waals surface area contributed by atoms with Crippen molar-refractivity contribution in [2.45, 2.75) is 35.9 Å². The first-order valence-electron chi connectivity index (χ1n) is 9.11. The lowest BCUT2D eigenvalue weighted by atomic mass is 10.2. The number of amides is 2. The van der Waals surface area contributed by atoms with Gasteiger partial charge < -0.3 is 9.80 Å². The predicted molar refractivity (Wildman–Crippen MR) is 97.1 cm³/mol. The van der Waals surface area contributed by atoms with Crippen LogP contribution in [0.25, 0.3) is 0 Å². The van der Waals surface area contributed by atoms with Gasteiger partial charge in [-0.3, -0.25) is 9.59 Å². The highest BCUT2D eigenvalue weighted by Crippen LogP contribution is 2.32. The van der Waals surface area contributed by atoms with E-state index in [1.54, 1.807) is 22.4 Å². The fraction of sp³-hybridized carbons (Fsp3) is 0.647. The zero-order chi connectivity index (χ0) is 18.3. The van der Waals surface area contributed by atoms with Gasteiger partial charge in [0.05, 0.1) is 0 Å². The van der Waals surface area contributed by atoms with Crippen LogP contribution >= 0.6 is 11.3 Å². The number of hydrogen-bond acceptors (Lipinski definition) is 5. The molecule has 0 aromatic carbocycles. The predicted octanol–water partition coefficient (Wildman–Crippen LogP) is 0.982. The van der Waals surface area contributed by atoms with Crippen molar-refractivity contribution in [3.63, 3.8) is 0 Å². The number of carbonyl (C=O) groups is 2. The van der Waals surface area contributed by atoms with Gasteiger partial charge in [0.15, 0.2) is 0 Å².